The second-order valence-corrected chi connectivity index (χ2v) is 9.86. The summed E-state index contributed by atoms with van der Waals surface area (Å²) in [6, 6.07) is 12.5. The van der Waals surface area contributed by atoms with Gasteiger partial charge in [-0.3, -0.25) is 4.79 Å². The van der Waals surface area contributed by atoms with E-state index in [1.165, 1.54) is 12.1 Å². The van der Waals surface area contributed by atoms with Crippen LogP contribution in [-0.4, -0.2) is 62.7 Å². The summed E-state index contributed by atoms with van der Waals surface area (Å²) in [5, 5.41) is 0. The van der Waals surface area contributed by atoms with Crippen LogP contribution >= 0.6 is 0 Å². The summed E-state index contributed by atoms with van der Waals surface area (Å²) in [5.74, 6) is 0.132. The van der Waals surface area contributed by atoms with Gasteiger partial charge in [-0.05, 0) is 44.2 Å². The number of carbonyl (C=O) groups is 1. The Morgan fingerprint density at radius 3 is 2.45 bits per heavy atom. The van der Waals surface area contributed by atoms with Crippen LogP contribution in [0, 0.1) is 0 Å². The lowest BCUT2D eigenvalue weighted by Crippen LogP contribution is -2.49. The van der Waals surface area contributed by atoms with E-state index < -0.39 is 9.84 Å². The van der Waals surface area contributed by atoms with Crippen LogP contribution in [0.3, 0.4) is 0 Å². The number of ether oxygens (including phenoxy) is 1. The van der Waals surface area contributed by atoms with Gasteiger partial charge in [0.25, 0.3) is 11.9 Å². The van der Waals surface area contributed by atoms with Crippen LogP contribution in [-0.2, 0) is 9.84 Å². The maximum Gasteiger partial charge on any atom is 0.298 e. The van der Waals surface area contributed by atoms with E-state index >= 15 is 0 Å². The van der Waals surface area contributed by atoms with Crippen LogP contribution < -0.4 is 9.64 Å². The minimum Gasteiger partial charge on any atom is -0.490 e. The third-order valence-corrected chi connectivity index (χ3v) is 6.20. The first kappa shape index (κ1) is 21.2. The van der Waals surface area contributed by atoms with Crippen LogP contribution in [0.2, 0.25) is 0 Å². The van der Waals surface area contributed by atoms with Crippen LogP contribution in [0.1, 0.15) is 24.2 Å². The molecule has 8 nitrogen and oxygen atoms in total. The van der Waals surface area contributed by atoms with Gasteiger partial charge in [-0.1, -0.05) is 12.1 Å². The van der Waals surface area contributed by atoms with Gasteiger partial charge in [-0.15, -0.1) is 0 Å². The lowest BCUT2D eigenvalue weighted by molar-refractivity contribution is 0.0738. The summed E-state index contributed by atoms with van der Waals surface area (Å²) in [6.45, 7) is 5.76. The number of aromatic nitrogens is 1. The van der Waals surface area contributed by atoms with Gasteiger partial charge >= 0.3 is 0 Å². The van der Waals surface area contributed by atoms with Crippen molar-refractivity contribution in [3.05, 3.63) is 48.0 Å². The van der Waals surface area contributed by atoms with Gasteiger partial charge in [-0.2, -0.15) is 4.98 Å². The fraction of sp³-hybridized carbons (Fsp3) is 0.364. The van der Waals surface area contributed by atoms with E-state index in [1.807, 2.05) is 43.0 Å². The summed E-state index contributed by atoms with van der Waals surface area (Å²) in [7, 11) is -3.45. The Morgan fingerprint density at radius 2 is 1.81 bits per heavy atom. The zero-order valence-corrected chi connectivity index (χ0v) is 18.6. The molecule has 3 aromatic rings. The molecule has 0 unspecified atom stereocenters. The first-order valence-corrected chi connectivity index (χ1v) is 12.0. The number of sulfone groups is 1. The molecule has 164 valence electrons. The number of hydrogen-bond acceptors (Lipinski definition) is 7. The lowest BCUT2D eigenvalue weighted by Gasteiger charge is -2.34. The van der Waals surface area contributed by atoms with Crippen molar-refractivity contribution in [1.82, 2.24) is 9.88 Å². The number of piperazine rings is 1. The molecule has 31 heavy (non-hydrogen) atoms. The molecular formula is C22H25N3O5S. The van der Waals surface area contributed by atoms with Crippen molar-refractivity contribution in [2.45, 2.75) is 24.8 Å². The molecule has 1 aromatic heterocycles. The zero-order valence-electron chi connectivity index (χ0n) is 17.7. The highest BCUT2D eigenvalue weighted by atomic mass is 32.2. The van der Waals surface area contributed by atoms with E-state index in [1.54, 1.807) is 11.0 Å². The molecule has 0 bridgehead atoms. The fourth-order valence-corrected chi connectivity index (χ4v) is 4.18. The van der Waals surface area contributed by atoms with E-state index in [0.29, 0.717) is 37.9 Å². The van der Waals surface area contributed by atoms with Crippen molar-refractivity contribution >= 4 is 32.9 Å². The van der Waals surface area contributed by atoms with E-state index in [2.05, 4.69) is 4.98 Å². The average Bonchev–Trinajstić information content (AvgIpc) is 3.17. The Morgan fingerprint density at radius 1 is 1.10 bits per heavy atom. The molecule has 2 heterocycles. The summed E-state index contributed by atoms with van der Waals surface area (Å²) in [4.78, 5) is 21.6. The Balaban J connectivity index is 1.53. The van der Waals surface area contributed by atoms with Crippen molar-refractivity contribution in [2.24, 2.45) is 0 Å². The maximum absolute atomic E-state index is 13.3. The summed E-state index contributed by atoms with van der Waals surface area (Å²) >= 11 is 0. The quantitative estimate of drug-likeness (QED) is 0.598. The Labute approximate surface area is 181 Å². The summed E-state index contributed by atoms with van der Waals surface area (Å²) in [5.41, 5.74) is 1.78. The fourth-order valence-electron chi connectivity index (χ4n) is 3.53. The Bertz CT molecular complexity index is 1180. The molecule has 0 radical (unpaired) electrons. The van der Waals surface area contributed by atoms with Gasteiger partial charge in [0.15, 0.2) is 15.4 Å². The second kappa shape index (κ2) is 8.22. The number of para-hydroxylation sites is 2. The van der Waals surface area contributed by atoms with Crippen LogP contribution in [0.4, 0.5) is 6.01 Å². The lowest BCUT2D eigenvalue weighted by atomic mass is 10.1. The van der Waals surface area contributed by atoms with Crippen LogP contribution in [0.15, 0.2) is 51.8 Å². The van der Waals surface area contributed by atoms with E-state index in [0.717, 1.165) is 17.4 Å². The van der Waals surface area contributed by atoms with Crippen molar-refractivity contribution in [3.8, 4) is 5.75 Å². The SMILES string of the molecule is CC(C)Oc1ccc(S(C)(=O)=O)cc1C(=O)N1CCN(c2nc3ccccc3o2)CC1. The molecule has 1 amide bonds. The molecule has 0 atom stereocenters. The summed E-state index contributed by atoms with van der Waals surface area (Å²) < 4.78 is 35.6. The molecule has 4 rings (SSSR count). The number of nitrogens with zero attached hydrogens (tertiary/aromatic N) is 3. The number of amides is 1. The molecular weight excluding hydrogens is 418 g/mol. The second-order valence-electron chi connectivity index (χ2n) is 7.84. The number of oxazole rings is 1. The van der Waals surface area contributed by atoms with Crippen LogP contribution in [0.25, 0.3) is 11.1 Å². The normalized spacial score (nSPS) is 15.0. The number of rotatable bonds is 5. The molecule has 0 N–H and O–H groups in total. The zero-order chi connectivity index (χ0) is 22.2. The predicted octanol–water partition coefficient (Wildman–Crippen LogP) is 2.98. The number of fused-ring (bicyclic) bond motifs is 1. The van der Waals surface area contributed by atoms with Crippen molar-refractivity contribution in [1.29, 1.82) is 0 Å². The molecule has 2 aromatic carbocycles. The van der Waals surface area contributed by atoms with Crippen molar-refractivity contribution < 1.29 is 22.4 Å². The minimum atomic E-state index is -3.45. The van der Waals surface area contributed by atoms with E-state index in [4.69, 9.17) is 9.15 Å². The van der Waals surface area contributed by atoms with Crippen LogP contribution in [0.5, 0.6) is 5.75 Å². The highest BCUT2D eigenvalue weighted by molar-refractivity contribution is 7.90. The van der Waals surface area contributed by atoms with Crippen molar-refractivity contribution in [2.75, 3.05) is 37.3 Å². The molecule has 1 fully saturated rings. The van der Waals surface area contributed by atoms with Gasteiger partial charge in [0.1, 0.15) is 11.3 Å². The Hall–Kier alpha value is -3.07. The first-order chi connectivity index (χ1) is 14.7. The summed E-state index contributed by atoms with van der Waals surface area (Å²) in [6.07, 6.45) is 0.977. The largest absolute Gasteiger partial charge is 0.490 e. The molecule has 1 saturated heterocycles. The highest BCUT2D eigenvalue weighted by Crippen LogP contribution is 2.27. The smallest absolute Gasteiger partial charge is 0.298 e. The molecule has 0 saturated carbocycles. The van der Waals surface area contributed by atoms with Gasteiger partial charge < -0.3 is 19.0 Å². The van der Waals surface area contributed by atoms with E-state index in [9.17, 15) is 13.2 Å². The maximum atomic E-state index is 13.3. The third-order valence-electron chi connectivity index (χ3n) is 5.09. The topological polar surface area (TPSA) is 93.0 Å². The van der Waals surface area contributed by atoms with Crippen molar-refractivity contribution in [3.63, 3.8) is 0 Å². The molecule has 0 spiro atoms. The monoisotopic (exact) mass is 443 g/mol. The third kappa shape index (κ3) is 4.51. The standard InChI is InChI=1S/C22H25N3O5S/c1-15(2)29-19-9-8-16(31(3,27)28)14-17(19)21(26)24-10-12-25(13-11-24)22-23-18-6-4-5-7-20(18)30-22/h4-9,14-15H,10-13H2,1-3H3. The number of benzene rings is 2. The minimum absolute atomic E-state index is 0.0945. The highest BCUT2D eigenvalue weighted by Gasteiger charge is 2.27. The van der Waals surface area contributed by atoms with Gasteiger partial charge in [0, 0.05) is 32.4 Å². The number of carbonyl (C=O) groups excluding carboxylic acids is 1. The molecule has 0 aliphatic carbocycles. The molecule has 1 aliphatic rings. The molecule has 1 aliphatic heterocycles. The number of hydrogen-bond donors (Lipinski definition) is 0. The predicted molar refractivity (Wildman–Crippen MR) is 117 cm³/mol. The van der Waals surface area contributed by atoms with Gasteiger partial charge in [0.2, 0.25) is 0 Å². The number of anilines is 1. The average molecular weight is 444 g/mol. The van der Waals surface area contributed by atoms with E-state index in [-0.39, 0.29) is 22.5 Å². The first-order valence-electron chi connectivity index (χ1n) is 10.1. The Kier molecular flexibility index (Phi) is 5.62. The molecule has 9 heteroatoms. The van der Waals surface area contributed by atoms with Gasteiger partial charge in [-0.25, -0.2) is 8.42 Å². The van der Waals surface area contributed by atoms with Gasteiger partial charge in [0.05, 0.1) is 16.6 Å².